The molecular formula is C19H22N3O9+. The number of phenolic OH excluding ortho intramolecular Hbond substituents is 2. The van der Waals surface area contributed by atoms with Crippen molar-refractivity contribution in [2.24, 2.45) is 0 Å². The third kappa shape index (κ3) is 4.99. The molecule has 0 unspecified atom stereocenters. The number of quaternary nitrogens is 1. The van der Waals surface area contributed by atoms with Crippen LogP contribution in [0.1, 0.15) is 20.8 Å². The summed E-state index contributed by atoms with van der Waals surface area (Å²) in [4.78, 5) is 39.3. The van der Waals surface area contributed by atoms with E-state index in [9.17, 15) is 29.7 Å². The lowest BCUT2D eigenvalue weighted by Crippen LogP contribution is -2.36. The number of H-pyrrole nitrogens is 1. The minimum atomic E-state index is -1.43. The number of carbonyl (C=O) groups is 3. The minimum Gasteiger partial charge on any atom is -0.504 e. The van der Waals surface area contributed by atoms with Crippen LogP contribution in [0.2, 0.25) is 0 Å². The van der Waals surface area contributed by atoms with Gasteiger partial charge in [-0.1, -0.05) is 0 Å². The fourth-order valence-corrected chi connectivity index (χ4v) is 2.72. The van der Waals surface area contributed by atoms with Gasteiger partial charge in [-0.2, -0.15) is 0 Å². The van der Waals surface area contributed by atoms with Crippen molar-refractivity contribution in [3.63, 3.8) is 0 Å². The number of nitrogens with zero attached hydrogens (tertiary/aromatic N) is 2. The van der Waals surface area contributed by atoms with Gasteiger partial charge in [0.1, 0.15) is 17.8 Å². The Labute approximate surface area is 175 Å². The van der Waals surface area contributed by atoms with Crippen molar-refractivity contribution in [1.29, 1.82) is 0 Å². The van der Waals surface area contributed by atoms with E-state index in [-0.39, 0.29) is 40.6 Å². The molecule has 0 spiro atoms. The average molecular weight is 436 g/mol. The van der Waals surface area contributed by atoms with Crippen molar-refractivity contribution in [3.8, 4) is 17.4 Å². The van der Waals surface area contributed by atoms with Crippen LogP contribution in [0.3, 0.4) is 0 Å². The van der Waals surface area contributed by atoms with Crippen LogP contribution in [0.15, 0.2) is 12.1 Å². The molecule has 6 N–H and O–H groups in total. The topological polar surface area (TPSA) is 190 Å². The molecule has 12 nitrogen and oxygen atoms in total. The van der Waals surface area contributed by atoms with Gasteiger partial charge in [0, 0.05) is 16.8 Å². The molecule has 2 heterocycles. The highest BCUT2D eigenvalue weighted by Gasteiger charge is 2.24. The Hall–Kier alpha value is -3.90. The Morgan fingerprint density at radius 1 is 1.13 bits per heavy atom. The van der Waals surface area contributed by atoms with E-state index < -0.39 is 34.9 Å². The summed E-state index contributed by atoms with van der Waals surface area (Å²) in [6.45, 7) is 1.13. The number of nitrogens with one attached hydrogen (secondary N) is 1. The molecule has 0 aliphatic carbocycles. The number of aliphatic hydroxyl groups excluding tert-OH is 1. The third-order valence-electron chi connectivity index (χ3n) is 4.17. The zero-order valence-corrected chi connectivity index (χ0v) is 16.9. The lowest BCUT2D eigenvalue weighted by molar-refractivity contribution is -0.870. The maximum absolute atomic E-state index is 11.5. The van der Waals surface area contributed by atoms with E-state index in [1.807, 2.05) is 0 Å². The van der Waals surface area contributed by atoms with Crippen LogP contribution in [-0.4, -0.2) is 92.7 Å². The summed E-state index contributed by atoms with van der Waals surface area (Å²) >= 11 is 0. The fraction of sp³-hybridized carbons (Fsp3) is 0.263. The van der Waals surface area contributed by atoms with Gasteiger partial charge in [-0.25, -0.2) is 14.6 Å². The van der Waals surface area contributed by atoms with Crippen LogP contribution in [0.5, 0.6) is 17.4 Å². The van der Waals surface area contributed by atoms with Crippen LogP contribution in [0, 0.1) is 0 Å². The third-order valence-corrected chi connectivity index (χ3v) is 4.17. The number of phenols is 2. The van der Waals surface area contributed by atoms with Crippen molar-refractivity contribution in [1.82, 2.24) is 9.97 Å². The predicted molar refractivity (Wildman–Crippen MR) is 108 cm³/mol. The Kier molecular flexibility index (Phi) is 6.68. The van der Waals surface area contributed by atoms with Crippen LogP contribution in [0.4, 0.5) is 0 Å². The molecule has 0 atom stereocenters. The summed E-state index contributed by atoms with van der Waals surface area (Å²) in [5.74, 6) is -4.64. The number of fused-ring (bicyclic) bond motifs is 3. The first-order valence-corrected chi connectivity index (χ1v) is 8.80. The van der Waals surface area contributed by atoms with Crippen molar-refractivity contribution in [3.05, 3.63) is 23.4 Å². The van der Waals surface area contributed by atoms with Crippen LogP contribution in [-0.2, 0) is 4.79 Å². The number of pyridine rings is 1. The number of hydrogen-bond acceptors (Lipinski definition) is 8. The van der Waals surface area contributed by atoms with E-state index in [0.29, 0.717) is 0 Å². The molecule has 0 fully saturated rings. The molecule has 3 aromatic rings. The van der Waals surface area contributed by atoms with Crippen molar-refractivity contribution >= 4 is 40.2 Å². The number of aliphatic hydroxyl groups is 1. The molecule has 0 aliphatic rings. The SMILES string of the molecule is C[N+](C)(C)CCO.O=COc1cc(C(=O)O)c2c(n1)c(O)c(O)c1cc(C(=O)O)[nH]c12. The molecule has 0 radical (unpaired) electrons. The molecule has 166 valence electrons. The largest absolute Gasteiger partial charge is 0.504 e. The maximum Gasteiger partial charge on any atom is 0.352 e. The molecule has 3 rings (SSSR count). The van der Waals surface area contributed by atoms with Gasteiger partial charge in [0.25, 0.3) is 6.47 Å². The number of benzene rings is 1. The number of aromatic carboxylic acids is 2. The number of hydrogen-bond donors (Lipinski definition) is 6. The normalized spacial score (nSPS) is 11.1. The first-order valence-electron chi connectivity index (χ1n) is 8.80. The van der Waals surface area contributed by atoms with Gasteiger partial charge >= 0.3 is 11.9 Å². The van der Waals surface area contributed by atoms with Gasteiger partial charge in [0.15, 0.2) is 11.5 Å². The van der Waals surface area contributed by atoms with E-state index in [1.165, 1.54) is 0 Å². The molecule has 0 aliphatic heterocycles. The summed E-state index contributed by atoms with van der Waals surface area (Å²) in [5, 5.41) is 46.7. The average Bonchev–Trinajstić information content (AvgIpc) is 3.11. The van der Waals surface area contributed by atoms with Crippen molar-refractivity contribution in [2.45, 2.75) is 0 Å². The molecule has 12 heteroatoms. The Morgan fingerprint density at radius 3 is 2.23 bits per heavy atom. The van der Waals surface area contributed by atoms with E-state index in [4.69, 9.17) is 10.2 Å². The molecule has 0 saturated carbocycles. The summed E-state index contributed by atoms with van der Waals surface area (Å²) in [5.41, 5.74) is -1.14. The first kappa shape index (κ1) is 23.4. The number of carboxylic acids is 2. The number of ether oxygens (including phenoxy) is 1. The number of rotatable bonds is 6. The number of carbonyl (C=O) groups excluding carboxylic acids is 1. The quantitative estimate of drug-likeness (QED) is 0.182. The van der Waals surface area contributed by atoms with Crippen molar-refractivity contribution < 1.29 is 49.1 Å². The van der Waals surface area contributed by atoms with Gasteiger partial charge in [-0.15, -0.1) is 0 Å². The highest BCUT2D eigenvalue weighted by atomic mass is 16.5. The van der Waals surface area contributed by atoms with Crippen molar-refractivity contribution in [2.75, 3.05) is 34.3 Å². The van der Waals surface area contributed by atoms with E-state index >= 15 is 0 Å². The van der Waals surface area contributed by atoms with E-state index in [0.717, 1.165) is 23.2 Å². The summed E-state index contributed by atoms with van der Waals surface area (Å²) in [6.07, 6.45) is 0. The van der Waals surface area contributed by atoms with Gasteiger partial charge in [-0.3, -0.25) is 4.79 Å². The minimum absolute atomic E-state index is 0.0202. The molecule has 0 saturated heterocycles. The van der Waals surface area contributed by atoms with Crippen LogP contribution >= 0.6 is 0 Å². The number of likely N-dealkylation sites (N-methyl/N-ethyl adjacent to an activating group) is 1. The fourth-order valence-electron chi connectivity index (χ4n) is 2.72. The lowest BCUT2D eigenvalue weighted by atomic mass is 10.0. The Bertz CT molecular complexity index is 1160. The zero-order valence-electron chi connectivity index (χ0n) is 16.9. The Morgan fingerprint density at radius 2 is 1.77 bits per heavy atom. The van der Waals surface area contributed by atoms with Gasteiger partial charge in [0.2, 0.25) is 5.88 Å². The Balaban J connectivity index is 0.000000423. The maximum atomic E-state index is 11.5. The molecule has 2 aromatic heterocycles. The monoisotopic (exact) mass is 436 g/mol. The molecule has 1 aromatic carbocycles. The number of aromatic amines is 1. The standard InChI is InChI=1S/C14H8N2O8.C5H14NO/c17-3-24-7-2-4(13(20)21)8-9-5(1-6(15-9)14(22)23)11(18)12(19)10(8)16-7;1-6(2,3)4-5-7/h1-3,15,18-19H,(H,20,21)(H,22,23);7H,4-5H2,1-3H3/q;+1. The highest BCUT2D eigenvalue weighted by molar-refractivity contribution is 6.19. The molecular weight excluding hydrogens is 414 g/mol. The first-order chi connectivity index (χ1) is 14.4. The number of aromatic nitrogens is 2. The van der Waals surface area contributed by atoms with Gasteiger partial charge in [0.05, 0.1) is 38.8 Å². The summed E-state index contributed by atoms with van der Waals surface area (Å²) in [6, 6.07) is 1.99. The van der Waals surface area contributed by atoms with E-state index in [1.54, 1.807) is 0 Å². The molecule has 31 heavy (non-hydrogen) atoms. The van der Waals surface area contributed by atoms with Crippen LogP contribution < -0.4 is 4.74 Å². The number of carboxylic acid groups (broad SMARTS) is 2. The van der Waals surface area contributed by atoms with Gasteiger partial charge in [-0.05, 0) is 6.07 Å². The van der Waals surface area contributed by atoms with Gasteiger partial charge < -0.3 is 39.7 Å². The second kappa shape index (κ2) is 8.85. The summed E-state index contributed by atoms with van der Waals surface area (Å²) < 4.78 is 5.35. The predicted octanol–water partition coefficient (Wildman–Crippen LogP) is 0.744. The second-order valence-corrected chi connectivity index (χ2v) is 7.46. The molecule has 0 bridgehead atoms. The highest BCUT2D eigenvalue weighted by Crippen LogP contribution is 2.43. The zero-order chi connectivity index (χ0) is 23.5. The van der Waals surface area contributed by atoms with Crippen LogP contribution in [0.25, 0.3) is 21.8 Å². The second-order valence-electron chi connectivity index (χ2n) is 7.46. The summed E-state index contributed by atoms with van der Waals surface area (Å²) in [7, 11) is 6.16. The lowest BCUT2D eigenvalue weighted by Gasteiger charge is -2.21. The van der Waals surface area contributed by atoms with E-state index in [2.05, 4.69) is 35.8 Å². The smallest absolute Gasteiger partial charge is 0.352 e. The molecule has 0 amide bonds. The number of aromatic hydroxyl groups is 2.